The zero-order chi connectivity index (χ0) is 12.8. The molecule has 3 nitrogen and oxygen atoms in total. The molecule has 0 saturated carbocycles. The summed E-state index contributed by atoms with van der Waals surface area (Å²) in [6.07, 6.45) is -2.96. The SMILES string of the molecule is Cc1ccccc1OCCN(C)C(=O)C(F)F. The molecule has 0 N–H and O–H groups in total. The molecule has 0 fully saturated rings. The second kappa shape index (κ2) is 6.18. The number of rotatable bonds is 5. The highest BCUT2D eigenvalue weighted by molar-refractivity contribution is 5.78. The predicted molar refractivity (Wildman–Crippen MR) is 60.3 cm³/mol. The first-order chi connectivity index (χ1) is 8.02. The van der Waals surface area contributed by atoms with Crippen LogP contribution in [0.15, 0.2) is 24.3 Å². The van der Waals surface area contributed by atoms with E-state index in [1.54, 1.807) is 6.07 Å². The highest BCUT2D eigenvalue weighted by Gasteiger charge is 2.19. The summed E-state index contributed by atoms with van der Waals surface area (Å²) in [4.78, 5) is 11.8. The summed E-state index contributed by atoms with van der Waals surface area (Å²) in [5, 5.41) is 0. The standard InChI is InChI=1S/C12H15F2NO2/c1-9-5-3-4-6-10(9)17-8-7-15(2)12(16)11(13)14/h3-6,11H,7-8H2,1-2H3. The van der Waals surface area contributed by atoms with Crippen LogP contribution < -0.4 is 4.74 Å². The Balaban J connectivity index is 2.38. The Hall–Kier alpha value is -1.65. The van der Waals surface area contributed by atoms with E-state index in [-0.39, 0.29) is 13.2 Å². The smallest absolute Gasteiger partial charge is 0.315 e. The molecule has 94 valence electrons. The highest BCUT2D eigenvalue weighted by Crippen LogP contribution is 2.15. The van der Waals surface area contributed by atoms with Gasteiger partial charge in [0, 0.05) is 7.05 Å². The number of carbonyl (C=O) groups excluding carboxylic acids is 1. The second-order valence-corrected chi connectivity index (χ2v) is 3.67. The van der Waals surface area contributed by atoms with Gasteiger partial charge < -0.3 is 9.64 Å². The van der Waals surface area contributed by atoms with Gasteiger partial charge in [0.25, 0.3) is 5.91 Å². The van der Waals surface area contributed by atoms with Crippen molar-refractivity contribution >= 4 is 5.91 Å². The Kier molecular flexibility index (Phi) is 4.87. The van der Waals surface area contributed by atoms with Gasteiger partial charge in [0.15, 0.2) is 0 Å². The summed E-state index contributed by atoms with van der Waals surface area (Å²) >= 11 is 0. The van der Waals surface area contributed by atoms with Gasteiger partial charge in [0.1, 0.15) is 12.4 Å². The average Bonchev–Trinajstić information content (AvgIpc) is 2.30. The van der Waals surface area contributed by atoms with E-state index in [1.807, 2.05) is 25.1 Å². The van der Waals surface area contributed by atoms with Crippen LogP contribution in [-0.4, -0.2) is 37.4 Å². The lowest BCUT2D eigenvalue weighted by Crippen LogP contribution is -2.35. The van der Waals surface area contributed by atoms with E-state index in [0.29, 0.717) is 5.75 Å². The number of hydrogen-bond donors (Lipinski definition) is 0. The third kappa shape index (κ3) is 4.01. The summed E-state index contributed by atoms with van der Waals surface area (Å²) < 4.78 is 29.5. The molecule has 1 amide bonds. The number of amides is 1. The van der Waals surface area contributed by atoms with Gasteiger partial charge in [-0.1, -0.05) is 18.2 Å². The molecule has 0 saturated heterocycles. The van der Waals surface area contributed by atoms with Gasteiger partial charge in [0.05, 0.1) is 6.54 Å². The largest absolute Gasteiger partial charge is 0.491 e. The number of likely N-dealkylation sites (N-methyl/N-ethyl adjacent to an activating group) is 1. The highest BCUT2D eigenvalue weighted by atomic mass is 19.3. The molecule has 0 aromatic heterocycles. The second-order valence-electron chi connectivity index (χ2n) is 3.67. The zero-order valence-electron chi connectivity index (χ0n) is 9.82. The Labute approximate surface area is 99.0 Å². The molecule has 0 aliphatic rings. The van der Waals surface area contributed by atoms with Crippen LogP contribution in [0.1, 0.15) is 5.56 Å². The molecule has 0 radical (unpaired) electrons. The Bertz CT molecular complexity index is 383. The normalized spacial score (nSPS) is 10.4. The minimum absolute atomic E-state index is 0.136. The molecule has 0 aliphatic carbocycles. The first-order valence-corrected chi connectivity index (χ1v) is 5.24. The molecular weight excluding hydrogens is 228 g/mol. The molecule has 17 heavy (non-hydrogen) atoms. The van der Waals surface area contributed by atoms with Crippen molar-refractivity contribution in [3.8, 4) is 5.75 Å². The van der Waals surface area contributed by atoms with Crippen molar-refractivity contribution in [2.24, 2.45) is 0 Å². The average molecular weight is 243 g/mol. The number of alkyl halides is 2. The van der Waals surface area contributed by atoms with E-state index < -0.39 is 12.3 Å². The summed E-state index contributed by atoms with van der Waals surface area (Å²) in [6, 6.07) is 7.40. The van der Waals surface area contributed by atoms with Gasteiger partial charge in [-0.3, -0.25) is 4.79 Å². The van der Waals surface area contributed by atoms with Crippen LogP contribution in [0.5, 0.6) is 5.75 Å². The van der Waals surface area contributed by atoms with E-state index in [2.05, 4.69) is 0 Å². The number of ether oxygens (including phenoxy) is 1. The number of aryl methyl sites for hydroxylation is 1. The van der Waals surface area contributed by atoms with E-state index in [4.69, 9.17) is 4.74 Å². The number of nitrogens with zero attached hydrogens (tertiary/aromatic N) is 1. The Morgan fingerprint density at radius 1 is 1.41 bits per heavy atom. The molecule has 0 aliphatic heterocycles. The van der Waals surface area contributed by atoms with Crippen molar-refractivity contribution in [2.45, 2.75) is 13.3 Å². The fourth-order valence-corrected chi connectivity index (χ4v) is 1.29. The third-order valence-corrected chi connectivity index (χ3v) is 2.34. The summed E-state index contributed by atoms with van der Waals surface area (Å²) in [7, 11) is 1.33. The minimum atomic E-state index is -2.96. The van der Waals surface area contributed by atoms with Gasteiger partial charge in [-0.2, -0.15) is 8.78 Å². The van der Waals surface area contributed by atoms with Crippen LogP contribution in [-0.2, 0) is 4.79 Å². The molecule has 1 aromatic rings. The fourth-order valence-electron chi connectivity index (χ4n) is 1.29. The van der Waals surface area contributed by atoms with Crippen LogP contribution in [0.3, 0.4) is 0 Å². The lowest BCUT2D eigenvalue weighted by molar-refractivity contribution is -0.141. The summed E-state index contributed by atoms with van der Waals surface area (Å²) in [5.74, 6) is -0.483. The predicted octanol–water partition coefficient (Wildman–Crippen LogP) is 2.10. The van der Waals surface area contributed by atoms with E-state index >= 15 is 0 Å². The van der Waals surface area contributed by atoms with E-state index in [9.17, 15) is 13.6 Å². The van der Waals surface area contributed by atoms with Crippen LogP contribution >= 0.6 is 0 Å². The number of halogens is 2. The Morgan fingerprint density at radius 3 is 2.65 bits per heavy atom. The first kappa shape index (κ1) is 13.4. The molecular formula is C12H15F2NO2. The molecule has 5 heteroatoms. The molecule has 1 aromatic carbocycles. The van der Waals surface area contributed by atoms with Crippen molar-refractivity contribution in [1.82, 2.24) is 4.90 Å². The van der Waals surface area contributed by atoms with Crippen LogP contribution in [0.2, 0.25) is 0 Å². The van der Waals surface area contributed by atoms with E-state index in [1.165, 1.54) is 7.05 Å². The van der Waals surface area contributed by atoms with Crippen molar-refractivity contribution < 1.29 is 18.3 Å². The molecule has 0 atom stereocenters. The molecule has 0 heterocycles. The lowest BCUT2D eigenvalue weighted by Gasteiger charge is -2.17. The molecule has 1 rings (SSSR count). The topological polar surface area (TPSA) is 29.5 Å². The lowest BCUT2D eigenvalue weighted by atomic mass is 10.2. The van der Waals surface area contributed by atoms with Crippen LogP contribution in [0.25, 0.3) is 0 Å². The van der Waals surface area contributed by atoms with Gasteiger partial charge in [-0.15, -0.1) is 0 Å². The maximum Gasteiger partial charge on any atom is 0.315 e. The fraction of sp³-hybridized carbons (Fsp3) is 0.417. The molecule has 0 unspecified atom stereocenters. The van der Waals surface area contributed by atoms with E-state index in [0.717, 1.165) is 10.5 Å². The molecule has 0 spiro atoms. The number of para-hydroxylation sites is 1. The minimum Gasteiger partial charge on any atom is -0.491 e. The zero-order valence-corrected chi connectivity index (χ0v) is 9.82. The first-order valence-electron chi connectivity index (χ1n) is 5.24. The maximum absolute atomic E-state index is 12.1. The third-order valence-electron chi connectivity index (χ3n) is 2.34. The van der Waals surface area contributed by atoms with Gasteiger partial charge in [-0.25, -0.2) is 0 Å². The quantitative estimate of drug-likeness (QED) is 0.792. The number of carbonyl (C=O) groups is 1. The van der Waals surface area contributed by atoms with Gasteiger partial charge in [0.2, 0.25) is 0 Å². The maximum atomic E-state index is 12.1. The van der Waals surface area contributed by atoms with Crippen LogP contribution in [0, 0.1) is 6.92 Å². The van der Waals surface area contributed by atoms with Crippen molar-refractivity contribution in [1.29, 1.82) is 0 Å². The van der Waals surface area contributed by atoms with Crippen molar-refractivity contribution in [3.63, 3.8) is 0 Å². The molecule has 0 bridgehead atoms. The van der Waals surface area contributed by atoms with Gasteiger partial charge >= 0.3 is 6.43 Å². The van der Waals surface area contributed by atoms with Crippen molar-refractivity contribution in [3.05, 3.63) is 29.8 Å². The van der Waals surface area contributed by atoms with Gasteiger partial charge in [-0.05, 0) is 18.6 Å². The Morgan fingerprint density at radius 2 is 2.06 bits per heavy atom. The van der Waals surface area contributed by atoms with Crippen molar-refractivity contribution in [2.75, 3.05) is 20.2 Å². The number of benzene rings is 1. The number of hydrogen-bond acceptors (Lipinski definition) is 2. The van der Waals surface area contributed by atoms with Crippen LogP contribution in [0.4, 0.5) is 8.78 Å². The summed E-state index contributed by atoms with van der Waals surface area (Å²) in [5.41, 5.74) is 0.968. The monoisotopic (exact) mass is 243 g/mol. The summed E-state index contributed by atoms with van der Waals surface area (Å²) in [6.45, 7) is 2.22.